The summed E-state index contributed by atoms with van der Waals surface area (Å²) in [5, 5.41) is 6.94. The molecule has 2 aliphatic rings. The van der Waals surface area contributed by atoms with Gasteiger partial charge in [0.05, 0.1) is 5.69 Å². The molecule has 4 nitrogen and oxygen atoms in total. The highest BCUT2D eigenvalue weighted by Crippen LogP contribution is 2.40. The van der Waals surface area contributed by atoms with E-state index in [2.05, 4.69) is 43.7 Å². The number of halogens is 1. The highest BCUT2D eigenvalue weighted by atomic mass is 79.9. The quantitative estimate of drug-likeness (QED) is 0.755. The van der Waals surface area contributed by atoms with Crippen LogP contribution in [0.4, 0.5) is 17.5 Å². The third-order valence-electron chi connectivity index (χ3n) is 4.53. The van der Waals surface area contributed by atoms with E-state index in [0.717, 1.165) is 27.6 Å². The van der Waals surface area contributed by atoms with Crippen molar-refractivity contribution in [3.63, 3.8) is 0 Å². The van der Waals surface area contributed by atoms with Crippen molar-refractivity contribution in [1.82, 2.24) is 9.97 Å². The zero-order chi connectivity index (χ0) is 15.6. The van der Waals surface area contributed by atoms with E-state index in [0.29, 0.717) is 12.0 Å². The molecule has 4 rings (SSSR count). The van der Waals surface area contributed by atoms with E-state index >= 15 is 0 Å². The number of nitrogens with zero attached hydrogens (tertiary/aromatic N) is 2. The number of nitrogens with one attached hydrogen (secondary N) is 2. The van der Waals surface area contributed by atoms with E-state index in [1.165, 1.54) is 38.5 Å². The molecule has 2 saturated carbocycles. The molecular formula is C18H21BrN4. The van der Waals surface area contributed by atoms with Gasteiger partial charge in [0.2, 0.25) is 5.95 Å². The van der Waals surface area contributed by atoms with Gasteiger partial charge in [0.15, 0.2) is 0 Å². The Labute approximate surface area is 145 Å². The van der Waals surface area contributed by atoms with Gasteiger partial charge in [-0.2, -0.15) is 4.98 Å². The lowest BCUT2D eigenvalue weighted by Crippen LogP contribution is -2.17. The molecule has 0 unspecified atom stereocenters. The summed E-state index contributed by atoms with van der Waals surface area (Å²) in [5.74, 6) is 2.27. The van der Waals surface area contributed by atoms with Gasteiger partial charge in [-0.15, -0.1) is 0 Å². The van der Waals surface area contributed by atoms with Gasteiger partial charge in [-0.05, 0) is 43.9 Å². The van der Waals surface area contributed by atoms with E-state index in [9.17, 15) is 0 Å². The van der Waals surface area contributed by atoms with Crippen LogP contribution in [0.3, 0.4) is 0 Å². The lowest BCUT2D eigenvalue weighted by molar-refractivity contribution is 0.742. The molecule has 5 heteroatoms. The minimum absolute atomic E-state index is 0.531. The predicted octanol–water partition coefficient (Wildman–Crippen LogP) is 5.21. The smallest absolute Gasteiger partial charge is 0.225 e. The number of benzene rings is 1. The van der Waals surface area contributed by atoms with Crippen LogP contribution in [0.25, 0.3) is 0 Å². The Morgan fingerprint density at radius 3 is 2.57 bits per heavy atom. The standard InChI is InChI=1S/C18H21BrN4/c19-13-4-3-7-15(10-13)20-17-11-16(12-8-9-12)22-18(23-17)21-14-5-1-2-6-14/h3-4,7,10-12,14H,1-2,5-6,8-9H2,(H2,20,21,22,23). The van der Waals surface area contributed by atoms with E-state index in [1.807, 2.05) is 18.2 Å². The maximum absolute atomic E-state index is 4.75. The Bertz CT molecular complexity index is 693. The molecule has 2 fully saturated rings. The van der Waals surface area contributed by atoms with E-state index in [4.69, 9.17) is 4.98 Å². The molecule has 0 spiro atoms. The minimum atomic E-state index is 0.531. The van der Waals surface area contributed by atoms with Gasteiger partial charge < -0.3 is 10.6 Å². The Kier molecular flexibility index (Phi) is 4.21. The zero-order valence-corrected chi connectivity index (χ0v) is 14.6. The summed E-state index contributed by atoms with van der Waals surface area (Å²) in [5.41, 5.74) is 2.20. The fraction of sp³-hybridized carbons (Fsp3) is 0.444. The Balaban J connectivity index is 1.58. The SMILES string of the molecule is Brc1cccc(Nc2cc(C3CC3)nc(NC3CCCC3)n2)c1. The topological polar surface area (TPSA) is 49.8 Å². The van der Waals surface area contributed by atoms with Gasteiger partial charge in [0, 0.05) is 28.2 Å². The Hall–Kier alpha value is -1.62. The third-order valence-corrected chi connectivity index (χ3v) is 5.02. The van der Waals surface area contributed by atoms with Crippen molar-refractivity contribution in [1.29, 1.82) is 0 Å². The molecule has 0 aliphatic heterocycles. The molecule has 2 aromatic rings. The first-order valence-electron chi connectivity index (χ1n) is 8.44. The van der Waals surface area contributed by atoms with E-state index < -0.39 is 0 Å². The van der Waals surface area contributed by atoms with Gasteiger partial charge in [0.1, 0.15) is 5.82 Å². The van der Waals surface area contributed by atoms with E-state index in [1.54, 1.807) is 0 Å². The van der Waals surface area contributed by atoms with Gasteiger partial charge in [-0.3, -0.25) is 0 Å². The minimum Gasteiger partial charge on any atom is -0.351 e. The Morgan fingerprint density at radius 1 is 1.00 bits per heavy atom. The summed E-state index contributed by atoms with van der Waals surface area (Å²) in [4.78, 5) is 9.43. The van der Waals surface area contributed by atoms with Crippen molar-refractivity contribution < 1.29 is 0 Å². The van der Waals surface area contributed by atoms with Crippen molar-refractivity contribution >= 4 is 33.4 Å². The monoisotopic (exact) mass is 372 g/mol. The van der Waals surface area contributed by atoms with Crippen LogP contribution < -0.4 is 10.6 Å². The molecule has 1 aromatic carbocycles. The fourth-order valence-electron chi connectivity index (χ4n) is 3.15. The number of hydrogen-bond acceptors (Lipinski definition) is 4. The van der Waals surface area contributed by atoms with Crippen LogP contribution in [0, 0.1) is 0 Å². The largest absolute Gasteiger partial charge is 0.351 e. The summed E-state index contributed by atoms with van der Waals surface area (Å²) in [7, 11) is 0. The van der Waals surface area contributed by atoms with Gasteiger partial charge in [-0.25, -0.2) is 4.98 Å². The zero-order valence-electron chi connectivity index (χ0n) is 13.1. The van der Waals surface area contributed by atoms with Crippen LogP contribution in [-0.4, -0.2) is 16.0 Å². The van der Waals surface area contributed by atoms with Gasteiger partial charge >= 0.3 is 0 Å². The van der Waals surface area contributed by atoms with E-state index in [-0.39, 0.29) is 0 Å². The summed E-state index contributed by atoms with van der Waals surface area (Å²) in [6.07, 6.45) is 7.56. The number of aromatic nitrogens is 2. The molecular weight excluding hydrogens is 352 g/mol. The molecule has 2 aliphatic carbocycles. The van der Waals surface area contributed by atoms with Crippen LogP contribution >= 0.6 is 15.9 Å². The maximum atomic E-state index is 4.75. The second-order valence-electron chi connectivity index (χ2n) is 6.54. The molecule has 0 amide bonds. The van der Waals surface area contributed by atoms with Crippen molar-refractivity contribution in [3.05, 3.63) is 40.5 Å². The first-order valence-corrected chi connectivity index (χ1v) is 9.24. The number of anilines is 3. The molecule has 1 aromatic heterocycles. The van der Waals surface area contributed by atoms with Crippen molar-refractivity contribution in [2.75, 3.05) is 10.6 Å². The van der Waals surface area contributed by atoms with Crippen molar-refractivity contribution in [2.24, 2.45) is 0 Å². The van der Waals surface area contributed by atoms with Gasteiger partial charge in [-0.1, -0.05) is 34.8 Å². The van der Waals surface area contributed by atoms with Crippen molar-refractivity contribution in [2.45, 2.75) is 50.5 Å². The lowest BCUT2D eigenvalue weighted by Gasteiger charge is -2.15. The highest BCUT2D eigenvalue weighted by molar-refractivity contribution is 9.10. The molecule has 0 radical (unpaired) electrons. The third kappa shape index (κ3) is 3.83. The summed E-state index contributed by atoms with van der Waals surface area (Å²) >= 11 is 3.51. The summed E-state index contributed by atoms with van der Waals surface area (Å²) in [6, 6.07) is 10.8. The van der Waals surface area contributed by atoms with Gasteiger partial charge in [0.25, 0.3) is 0 Å². The van der Waals surface area contributed by atoms with Crippen molar-refractivity contribution in [3.8, 4) is 0 Å². The summed E-state index contributed by atoms with van der Waals surface area (Å²) in [6.45, 7) is 0. The second-order valence-corrected chi connectivity index (χ2v) is 7.45. The fourth-order valence-corrected chi connectivity index (χ4v) is 3.55. The Morgan fingerprint density at radius 2 is 1.83 bits per heavy atom. The van der Waals surface area contributed by atoms with Crippen LogP contribution in [0.5, 0.6) is 0 Å². The lowest BCUT2D eigenvalue weighted by atomic mass is 10.2. The predicted molar refractivity (Wildman–Crippen MR) is 97.3 cm³/mol. The van der Waals surface area contributed by atoms with Crippen LogP contribution in [-0.2, 0) is 0 Å². The number of rotatable bonds is 5. The average Bonchev–Trinajstić information content (AvgIpc) is 3.26. The molecule has 23 heavy (non-hydrogen) atoms. The molecule has 0 bridgehead atoms. The molecule has 120 valence electrons. The molecule has 0 saturated heterocycles. The average molecular weight is 373 g/mol. The van der Waals surface area contributed by atoms with Crippen LogP contribution in [0.2, 0.25) is 0 Å². The molecule has 0 atom stereocenters. The molecule has 1 heterocycles. The maximum Gasteiger partial charge on any atom is 0.225 e. The normalized spacial score (nSPS) is 18.1. The number of hydrogen-bond donors (Lipinski definition) is 2. The van der Waals surface area contributed by atoms with Crippen LogP contribution in [0.15, 0.2) is 34.8 Å². The highest BCUT2D eigenvalue weighted by Gasteiger charge is 2.26. The first kappa shape index (κ1) is 14.9. The molecule has 2 N–H and O–H groups in total. The summed E-state index contributed by atoms with van der Waals surface area (Å²) < 4.78 is 1.06. The van der Waals surface area contributed by atoms with Crippen LogP contribution in [0.1, 0.15) is 50.1 Å². The first-order chi connectivity index (χ1) is 11.3. The second kappa shape index (κ2) is 6.48.